The minimum absolute atomic E-state index is 0.0657. The molecule has 0 saturated carbocycles. The Morgan fingerprint density at radius 2 is 2.09 bits per heavy atom. The minimum Gasteiger partial charge on any atom is -0.436 e. The number of benzene rings is 1. The summed E-state index contributed by atoms with van der Waals surface area (Å²) in [7, 11) is 1.67. The molecule has 1 aliphatic heterocycles. The SMILES string of the molecule is COC[C@H]1CCCN1c1ccc(-c2nc3cc(C(=O)NOC(=O)C(F)(F)F)ccc3o2)cn1. The number of carbonyl (C=O) groups is 2. The number of rotatable bonds is 5. The van der Waals surface area contributed by atoms with Gasteiger partial charge in [-0.15, -0.1) is 0 Å². The molecule has 9 nitrogen and oxygen atoms in total. The molecule has 3 heterocycles. The second-order valence-electron chi connectivity index (χ2n) is 7.37. The third kappa shape index (κ3) is 4.90. The summed E-state index contributed by atoms with van der Waals surface area (Å²) in [6, 6.07) is 8.01. The maximum Gasteiger partial charge on any atom is 0.493 e. The zero-order valence-electron chi connectivity index (χ0n) is 17.4. The molecule has 1 atom stereocenters. The normalized spacial score (nSPS) is 16.2. The lowest BCUT2D eigenvalue weighted by molar-refractivity contribution is -0.204. The average Bonchev–Trinajstić information content (AvgIpc) is 3.43. The number of hydrogen-bond acceptors (Lipinski definition) is 8. The number of methoxy groups -OCH3 is 1. The van der Waals surface area contributed by atoms with Crippen LogP contribution in [0, 0.1) is 0 Å². The Labute approximate surface area is 185 Å². The van der Waals surface area contributed by atoms with E-state index >= 15 is 0 Å². The van der Waals surface area contributed by atoms with Crippen molar-refractivity contribution in [2.24, 2.45) is 0 Å². The Bertz CT molecular complexity index is 1160. The Morgan fingerprint density at radius 3 is 2.79 bits per heavy atom. The number of alkyl halides is 3. The first kappa shape index (κ1) is 22.5. The van der Waals surface area contributed by atoms with E-state index in [0.717, 1.165) is 25.2 Å². The molecule has 0 radical (unpaired) electrons. The smallest absolute Gasteiger partial charge is 0.436 e. The summed E-state index contributed by atoms with van der Waals surface area (Å²) in [5, 5.41) is 0. The van der Waals surface area contributed by atoms with Gasteiger partial charge in [0, 0.05) is 25.4 Å². The number of carbonyl (C=O) groups excluding carboxylic acids is 2. The second-order valence-corrected chi connectivity index (χ2v) is 7.37. The van der Waals surface area contributed by atoms with Crippen molar-refractivity contribution in [3.8, 4) is 11.5 Å². The van der Waals surface area contributed by atoms with Crippen LogP contribution in [0.2, 0.25) is 0 Å². The Kier molecular flexibility index (Phi) is 6.18. The summed E-state index contributed by atoms with van der Waals surface area (Å²) in [4.78, 5) is 37.5. The van der Waals surface area contributed by atoms with Crippen LogP contribution in [0.4, 0.5) is 19.0 Å². The molecular formula is C21H19F3N4O5. The highest BCUT2D eigenvalue weighted by atomic mass is 19.4. The number of hydrogen-bond donors (Lipinski definition) is 1. The van der Waals surface area contributed by atoms with Gasteiger partial charge in [-0.05, 0) is 43.2 Å². The van der Waals surface area contributed by atoms with Crippen molar-refractivity contribution < 1.29 is 36.8 Å². The third-order valence-electron chi connectivity index (χ3n) is 5.14. The Morgan fingerprint density at radius 1 is 1.27 bits per heavy atom. The van der Waals surface area contributed by atoms with Gasteiger partial charge in [-0.25, -0.2) is 14.8 Å². The molecule has 0 spiro atoms. The van der Waals surface area contributed by atoms with E-state index in [0.29, 0.717) is 23.3 Å². The minimum atomic E-state index is -5.22. The molecule has 3 aromatic rings. The molecular weight excluding hydrogens is 445 g/mol. The molecule has 0 unspecified atom stereocenters. The Hall–Kier alpha value is -3.67. The molecule has 4 rings (SSSR count). The van der Waals surface area contributed by atoms with Gasteiger partial charge in [-0.3, -0.25) is 4.79 Å². The lowest BCUT2D eigenvalue weighted by Gasteiger charge is -2.25. The molecule has 0 bridgehead atoms. The van der Waals surface area contributed by atoms with Crippen LogP contribution in [0.3, 0.4) is 0 Å². The number of oxazole rings is 1. The zero-order chi connectivity index (χ0) is 23.6. The summed E-state index contributed by atoms with van der Waals surface area (Å²) in [5.74, 6) is -2.48. The van der Waals surface area contributed by atoms with E-state index in [2.05, 4.69) is 19.7 Å². The number of hydroxylamine groups is 1. The summed E-state index contributed by atoms with van der Waals surface area (Å²) in [5.41, 5.74) is 2.67. The van der Waals surface area contributed by atoms with E-state index in [9.17, 15) is 22.8 Å². The van der Waals surface area contributed by atoms with E-state index < -0.39 is 18.1 Å². The molecule has 174 valence electrons. The fraction of sp³-hybridized carbons (Fsp3) is 0.333. The van der Waals surface area contributed by atoms with Crippen molar-refractivity contribution in [3.63, 3.8) is 0 Å². The first-order valence-corrected chi connectivity index (χ1v) is 9.97. The molecule has 1 amide bonds. The first-order chi connectivity index (χ1) is 15.8. The van der Waals surface area contributed by atoms with E-state index in [-0.39, 0.29) is 17.5 Å². The molecule has 1 aromatic carbocycles. The average molecular weight is 464 g/mol. The summed E-state index contributed by atoms with van der Waals surface area (Å²) in [6.07, 6.45) is -1.49. The number of amides is 1. The fourth-order valence-corrected chi connectivity index (χ4v) is 3.59. The van der Waals surface area contributed by atoms with Crippen LogP contribution in [0.5, 0.6) is 0 Å². The molecule has 1 N–H and O–H groups in total. The molecule has 2 aromatic heterocycles. The second kappa shape index (κ2) is 9.06. The van der Waals surface area contributed by atoms with Crippen LogP contribution in [-0.2, 0) is 14.4 Å². The largest absolute Gasteiger partial charge is 0.493 e. The van der Waals surface area contributed by atoms with Gasteiger partial charge in [-0.2, -0.15) is 18.7 Å². The molecule has 1 aliphatic rings. The highest BCUT2D eigenvalue weighted by Crippen LogP contribution is 2.28. The monoisotopic (exact) mass is 464 g/mol. The topological polar surface area (TPSA) is 107 Å². The van der Waals surface area contributed by atoms with Crippen LogP contribution in [0.1, 0.15) is 23.2 Å². The third-order valence-corrected chi connectivity index (χ3v) is 5.14. The van der Waals surface area contributed by atoms with Crippen LogP contribution in [0.25, 0.3) is 22.6 Å². The van der Waals surface area contributed by atoms with Crippen molar-refractivity contribution in [3.05, 3.63) is 42.1 Å². The number of ether oxygens (including phenoxy) is 1. The number of pyridine rings is 1. The first-order valence-electron chi connectivity index (χ1n) is 9.97. The maximum absolute atomic E-state index is 12.2. The predicted molar refractivity (Wildman–Crippen MR) is 109 cm³/mol. The van der Waals surface area contributed by atoms with Crippen molar-refractivity contribution in [1.29, 1.82) is 0 Å². The lowest BCUT2D eigenvalue weighted by Crippen LogP contribution is -2.34. The molecule has 1 saturated heterocycles. The standard InChI is InChI=1S/C21H19F3N4O5/c1-31-11-14-3-2-8-28(14)17-7-5-13(10-25-17)19-26-15-9-12(4-6-16(15)32-19)18(29)27-33-20(30)21(22,23)24/h4-7,9-10,14H,2-3,8,11H2,1H3,(H,27,29)/t14-/m1/s1. The molecule has 33 heavy (non-hydrogen) atoms. The van der Waals surface area contributed by atoms with Gasteiger partial charge in [0.05, 0.1) is 18.2 Å². The summed E-state index contributed by atoms with van der Waals surface area (Å²) < 4.78 is 47.5. The van der Waals surface area contributed by atoms with Crippen LogP contribution < -0.4 is 10.4 Å². The van der Waals surface area contributed by atoms with Gasteiger partial charge < -0.3 is 18.9 Å². The summed E-state index contributed by atoms with van der Waals surface area (Å²) >= 11 is 0. The van der Waals surface area contributed by atoms with E-state index in [1.165, 1.54) is 23.7 Å². The van der Waals surface area contributed by atoms with Gasteiger partial charge >= 0.3 is 12.1 Å². The van der Waals surface area contributed by atoms with Gasteiger partial charge in [0.1, 0.15) is 11.3 Å². The number of fused-ring (bicyclic) bond motifs is 1. The number of aromatic nitrogens is 2. The van der Waals surface area contributed by atoms with Crippen LogP contribution in [-0.4, -0.2) is 54.3 Å². The van der Waals surface area contributed by atoms with Gasteiger partial charge in [-0.1, -0.05) is 0 Å². The number of nitrogens with one attached hydrogen (secondary N) is 1. The number of anilines is 1. The van der Waals surface area contributed by atoms with E-state index in [1.54, 1.807) is 13.3 Å². The fourth-order valence-electron chi connectivity index (χ4n) is 3.59. The lowest BCUT2D eigenvalue weighted by atomic mass is 10.2. The highest BCUT2D eigenvalue weighted by Gasteiger charge is 2.42. The quantitative estimate of drug-likeness (QED) is 0.574. The van der Waals surface area contributed by atoms with Gasteiger partial charge in [0.2, 0.25) is 5.89 Å². The molecule has 0 aliphatic carbocycles. The highest BCUT2D eigenvalue weighted by molar-refractivity contribution is 5.97. The number of nitrogens with zero attached hydrogens (tertiary/aromatic N) is 3. The van der Waals surface area contributed by atoms with Crippen LogP contribution in [0.15, 0.2) is 40.9 Å². The van der Waals surface area contributed by atoms with Crippen molar-refractivity contribution in [2.75, 3.05) is 25.2 Å². The van der Waals surface area contributed by atoms with Crippen molar-refractivity contribution in [1.82, 2.24) is 15.4 Å². The maximum atomic E-state index is 12.2. The van der Waals surface area contributed by atoms with Gasteiger partial charge in [0.15, 0.2) is 5.58 Å². The zero-order valence-corrected chi connectivity index (χ0v) is 17.4. The van der Waals surface area contributed by atoms with Crippen molar-refractivity contribution >= 4 is 28.8 Å². The van der Waals surface area contributed by atoms with E-state index in [1.807, 2.05) is 12.1 Å². The molecule has 12 heteroatoms. The Balaban J connectivity index is 1.48. The predicted octanol–water partition coefficient (Wildman–Crippen LogP) is 3.26. The molecule has 1 fully saturated rings. The van der Waals surface area contributed by atoms with Crippen LogP contribution >= 0.6 is 0 Å². The van der Waals surface area contributed by atoms with Gasteiger partial charge in [0.25, 0.3) is 5.91 Å². The summed E-state index contributed by atoms with van der Waals surface area (Å²) in [6.45, 7) is 1.52. The number of halogens is 3. The van der Waals surface area contributed by atoms with E-state index in [4.69, 9.17) is 9.15 Å². The van der Waals surface area contributed by atoms with Crippen molar-refractivity contribution in [2.45, 2.75) is 25.1 Å².